The molecule has 2 aromatic rings. The lowest BCUT2D eigenvalue weighted by Gasteiger charge is -2.34. The number of hydrogen-bond acceptors (Lipinski definition) is 7. The maximum Gasteiger partial charge on any atom is 0.230 e. The van der Waals surface area contributed by atoms with Crippen molar-refractivity contribution in [1.29, 1.82) is 0 Å². The van der Waals surface area contributed by atoms with Gasteiger partial charge in [0.25, 0.3) is 0 Å². The van der Waals surface area contributed by atoms with Crippen LogP contribution in [0.2, 0.25) is 0 Å². The number of benzene rings is 1. The average molecular weight is 332 g/mol. The van der Waals surface area contributed by atoms with E-state index in [9.17, 15) is 0 Å². The lowest BCUT2D eigenvalue weighted by atomic mass is 10.1. The summed E-state index contributed by atoms with van der Waals surface area (Å²) in [7, 11) is 3.32. The molecule has 7 nitrogen and oxygen atoms in total. The van der Waals surface area contributed by atoms with Crippen LogP contribution in [0.4, 0.5) is 0 Å². The maximum atomic E-state index is 5.45. The number of aromatic nitrogens is 2. The van der Waals surface area contributed by atoms with Crippen molar-refractivity contribution in [2.45, 2.75) is 20.0 Å². The van der Waals surface area contributed by atoms with Crippen molar-refractivity contribution in [3.05, 3.63) is 35.5 Å². The molecular formula is C17H24N4O3. The molecule has 0 N–H and O–H groups in total. The molecule has 1 aliphatic rings. The van der Waals surface area contributed by atoms with E-state index in [1.165, 1.54) is 5.56 Å². The summed E-state index contributed by atoms with van der Waals surface area (Å²) in [5, 5.41) is 7.94. The van der Waals surface area contributed by atoms with Gasteiger partial charge in [-0.05, 0) is 17.7 Å². The second-order valence-corrected chi connectivity index (χ2v) is 5.96. The first-order chi connectivity index (χ1) is 11.7. The minimum atomic E-state index is 0.622. The molecule has 0 spiro atoms. The number of aryl methyl sites for hydroxylation is 1. The summed E-state index contributed by atoms with van der Waals surface area (Å²) in [6.45, 7) is 7.48. The Bertz CT molecular complexity index is 666. The van der Waals surface area contributed by atoms with Gasteiger partial charge in [-0.25, -0.2) is 0 Å². The first-order valence-corrected chi connectivity index (χ1v) is 8.12. The standard InChI is InChI=1S/C17H24N4O3/c1-13-18-19-17(24-13)12-21-8-6-20(7-9-21)11-14-4-5-15(22-2)16(10-14)23-3/h4-5,10H,6-9,11-12H2,1-3H3. The molecule has 1 aliphatic heterocycles. The minimum absolute atomic E-state index is 0.622. The van der Waals surface area contributed by atoms with Crippen molar-refractivity contribution in [3.63, 3.8) is 0 Å². The molecule has 1 fully saturated rings. The Morgan fingerprint density at radius 2 is 1.62 bits per heavy atom. The Hall–Kier alpha value is -2.12. The first kappa shape index (κ1) is 16.7. The zero-order chi connectivity index (χ0) is 16.9. The summed E-state index contributed by atoms with van der Waals surface area (Å²) in [5.41, 5.74) is 1.23. The number of rotatable bonds is 6. The van der Waals surface area contributed by atoms with Gasteiger partial charge in [0.1, 0.15) is 0 Å². The van der Waals surface area contributed by atoms with Gasteiger partial charge in [0.15, 0.2) is 11.5 Å². The number of methoxy groups -OCH3 is 2. The van der Waals surface area contributed by atoms with Crippen LogP contribution in [0.5, 0.6) is 11.5 Å². The van der Waals surface area contributed by atoms with E-state index in [1.54, 1.807) is 14.2 Å². The monoisotopic (exact) mass is 332 g/mol. The predicted octanol–water partition coefficient (Wildman–Crippen LogP) is 1.71. The maximum absolute atomic E-state index is 5.45. The van der Waals surface area contributed by atoms with Crippen LogP contribution in [-0.2, 0) is 13.1 Å². The summed E-state index contributed by atoms with van der Waals surface area (Å²) in [4.78, 5) is 4.79. The van der Waals surface area contributed by atoms with Gasteiger partial charge in [0, 0.05) is 39.6 Å². The van der Waals surface area contributed by atoms with E-state index in [4.69, 9.17) is 13.9 Å². The summed E-state index contributed by atoms with van der Waals surface area (Å²) in [6.07, 6.45) is 0. The minimum Gasteiger partial charge on any atom is -0.493 e. The highest BCUT2D eigenvalue weighted by atomic mass is 16.5. The van der Waals surface area contributed by atoms with Gasteiger partial charge >= 0.3 is 0 Å². The Morgan fingerprint density at radius 3 is 2.21 bits per heavy atom. The summed E-state index contributed by atoms with van der Waals surface area (Å²) >= 11 is 0. The molecule has 0 saturated carbocycles. The highest BCUT2D eigenvalue weighted by molar-refractivity contribution is 5.42. The van der Waals surface area contributed by atoms with Crippen LogP contribution < -0.4 is 9.47 Å². The molecule has 1 aromatic carbocycles. The molecule has 7 heteroatoms. The Labute approximate surface area is 142 Å². The smallest absolute Gasteiger partial charge is 0.230 e. The van der Waals surface area contributed by atoms with Gasteiger partial charge < -0.3 is 13.9 Å². The number of ether oxygens (including phenoxy) is 2. The van der Waals surface area contributed by atoms with Crippen LogP contribution in [0, 0.1) is 6.92 Å². The fourth-order valence-electron chi connectivity index (χ4n) is 2.94. The van der Waals surface area contributed by atoms with Gasteiger partial charge in [0.05, 0.1) is 20.8 Å². The van der Waals surface area contributed by atoms with Crippen LogP contribution >= 0.6 is 0 Å². The van der Waals surface area contributed by atoms with Crippen LogP contribution in [0.15, 0.2) is 22.6 Å². The molecule has 1 aromatic heterocycles. The van der Waals surface area contributed by atoms with Crippen LogP contribution in [0.1, 0.15) is 17.3 Å². The summed E-state index contributed by atoms with van der Waals surface area (Å²) < 4.78 is 16.1. The fourth-order valence-corrected chi connectivity index (χ4v) is 2.94. The molecule has 2 heterocycles. The van der Waals surface area contributed by atoms with Gasteiger partial charge in [-0.3, -0.25) is 9.80 Å². The van der Waals surface area contributed by atoms with E-state index in [2.05, 4.69) is 26.1 Å². The van der Waals surface area contributed by atoms with Crippen molar-refractivity contribution in [1.82, 2.24) is 20.0 Å². The van der Waals surface area contributed by atoms with Gasteiger partial charge in [-0.2, -0.15) is 0 Å². The molecule has 0 radical (unpaired) electrons. The fraction of sp³-hybridized carbons (Fsp3) is 0.529. The second kappa shape index (κ2) is 7.63. The molecule has 0 amide bonds. The molecule has 0 unspecified atom stereocenters. The Kier molecular flexibility index (Phi) is 5.32. The SMILES string of the molecule is COc1ccc(CN2CCN(Cc3nnc(C)o3)CC2)cc1OC. The molecule has 3 rings (SSSR count). The molecule has 0 bridgehead atoms. The van der Waals surface area contributed by atoms with Gasteiger partial charge in [-0.15, -0.1) is 10.2 Å². The second-order valence-electron chi connectivity index (χ2n) is 5.96. The quantitative estimate of drug-likeness (QED) is 0.798. The molecule has 1 saturated heterocycles. The van der Waals surface area contributed by atoms with Crippen molar-refractivity contribution in [2.75, 3.05) is 40.4 Å². The van der Waals surface area contributed by atoms with Crippen LogP contribution in [0.3, 0.4) is 0 Å². The Balaban J connectivity index is 1.52. The zero-order valence-corrected chi connectivity index (χ0v) is 14.5. The third-order valence-corrected chi connectivity index (χ3v) is 4.25. The van der Waals surface area contributed by atoms with E-state index >= 15 is 0 Å². The van der Waals surface area contributed by atoms with Gasteiger partial charge in [-0.1, -0.05) is 6.07 Å². The van der Waals surface area contributed by atoms with E-state index in [1.807, 2.05) is 19.1 Å². The van der Waals surface area contributed by atoms with Gasteiger partial charge in [0.2, 0.25) is 11.8 Å². The van der Waals surface area contributed by atoms with Crippen LogP contribution in [-0.4, -0.2) is 60.4 Å². The highest BCUT2D eigenvalue weighted by Gasteiger charge is 2.19. The van der Waals surface area contributed by atoms with E-state index in [0.717, 1.165) is 50.8 Å². The number of piperazine rings is 1. The third kappa shape index (κ3) is 4.04. The van der Waals surface area contributed by atoms with E-state index < -0.39 is 0 Å². The highest BCUT2D eigenvalue weighted by Crippen LogP contribution is 2.28. The molecule has 130 valence electrons. The topological polar surface area (TPSA) is 63.9 Å². The normalized spacial score (nSPS) is 16.3. The molecular weight excluding hydrogens is 308 g/mol. The van der Waals surface area contributed by atoms with Crippen molar-refractivity contribution in [3.8, 4) is 11.5 Å². The average Bonchev–Trinajstić information content (AvgIpc) is 3.01. The first-order valence-electron chi connectivity index (χ1n) is 8.12. The number of hydrogen-bond donors (Lipinski definition) is 0. The van der Waals surface area contributed by atoms with Crippen molar-refractivity contribution in [2.24, 2.45) is 0 Å². The van der Waals surface area contributed by atoms with E-state index in [0.29, 0.717) is 11.8 Å². The predicted molar refractivity (Wildman–Crippen MR) is 89.1 cm³/mol. The Morgan fingerprint density at radius 1 is 0.958 bits per heavy atom. The third-order valence-electron chi connectivity index (χ3n) is 4.25. The number of nitrogens with zero attached hydrogens (tertiary/aromatic N) is 4. The summed E-state index contributed by atoms with van der Waals surface area (Å²) in [6, 6.07) is 6.10. The summed E-state index contributed by atoms with van der Waals surface area (Å²) in [5.74, 6) is 2.86. The lowest BCUT2D eigenvalue weighted by molar-refractivity contribution is 0.114. The van der Waals surface area contributed by atoms with Crippen molar-refractivity contribution >= 4 is 0 Å². The molecule has 24 heavy (non-hydrogen) atoms. The lowest BCUT2D eigenvalue weighted by Crippen LogP contribution is -2.45. The van der Waals surface area contributed by atoms with E-state index in [-0.39, 0.29) is 0 Å². The zero-order valence-electron chi connectivity index (χ0n) is 14.5. The molecule has 0 atom stereocenters. The largest absolute Gasteiger partial charge is 0.493 e. The van der Waals surface area contributed by atoms with Crippen molar-refractivity contribution < 1.29 is 13.9 Å². The van der Waals surface area contributed by atoms with Crippen LogP contribution in [0.25, 0.3) is 0 Å². The molecule has 0 aliphatic carbocycles.